The van der Waals surface area contributed by atoms with Crippen molar-refractivity contribution in [1.82, 2.24) is 9.88 Å². The van der Waals surface area contributed by atoms with Gasteiger partial charge in [0.05, 0.1) is 17.1 Å². The molecular weight excluding hydrogens is 282 g/mol. The van der Waals surface area contributed by atoms with Crippen LogP contribution < -0.4 is 5.73 Å². The molecule has 0 atom stereocenters. The lowest BCUT2D eigenvalue weighted by Gasteiger charge is -2.22. The number of methoxy groups -OCH3 is 1. The number of nitrogens with zero attached hydrogens (tertiary/aromatic N) is 2. The summed E-state index contributed by atoms with van der Waals surface area (Å²) in [5.41, 5.74) is 7.90. The van der Waals surface area contributed by atoms with Crippen LogP contribution in [0.3, 0.4) is 0 Å². The summed E-state index contributed by atoms with van der Waals surface area (Å²) in [6, 6.07) is 10.3. The molecule has 5 heteroatoms. The maximum Gasteiger partial charge on any atom is 0.0740 e. The van der Waals surface area contributed by atoms with Gasteiger partial charge in [0.25, 0.3) is 0 Å². The molecule has 0 radical (unpaired) electrons. The predicted molar refractivity (Wildman–Crippen MR) is 90.3 cm³/mol. The van der Waals surface area contributed by atoms with E-state index in [9.17, 15) is 0 Å². The molecule has 112 valence electrons. The van der Waals surface area contributed by atoms with E-state index in [1.54, 1.807) is 7.11 Å². The topological polar surface area (TPSA) is 51.4 Å². The molecule has 0 aliphatic carbocycles. The number of nitrogens with two attached hydrogens (primary N) is 1. The molecule has 2 aromatic rings. The van der Waals surface area contributed by atoms with E-state index in [4.69, 9.17) is 22.7 Å². The summed E-state index contributed by atoms with van der Waals surface area (Å²) in [4.78, 5) is 7.26. The molecule has 0 saturated carbocycles. The van der Waals surface area contributed by atoms with Crippen LogP contribution in [0, 0.1) is 0 Å². The number of hydrogen-bond acceptors (Lipinski definition) is 4. The third-order valence-electron chi connectivity index (χ3n) is 3.42. The van der Waals surface area contributed by atoms with Crippen molar-refractivity contribution in [2.75, 3.05) is 26.8 Å². The van der Waals surface area contributed by atoms with Crippen molar-refractivity contribution in [1.29, 1.82) is 0 Å². The number of benzene rings is 1. The van der Waals surface area contributed by atoms with Crippen molar-refractivity contribution >= 4 is 28.1 Å². The average molecular weight is 303 g/mol. The van der Waals surface area contributed by atoms with Crippen molar-refractivity contribution in [3.8, 4) is 0 Å². The summed E-state index contributed by atoms with van der Waals surface area (Å²) < 4.78 is 5.19. The summed E-state index contributed by atoms with van der Waals surface area (Å²) in [5, 5.41) is 1.19. The van der Waals surface area contributed by atoms with Crippen LogP contribution in [0.5, 0.6) is 0 Å². The summed E-state index contributed by atoms with van der Waals surface area (Å²) in [6.45, 7) is 3.24. The Kier molecular flexibility index (Phi) is 6.04. The number of aromatic nitrogens is 1. The highest BCUT2D eigenvalue weighted by Crippen LogP contribution is 2.18. The van der Waals surface area contributed by atoms with Gasteiger partial charge in [0.2, 0.25) is 0 Å². The van der Waals surface area contributed by atoms with Crippen LogP contribution in [-0.4, -0.2) is 41.7 Å². The van der Waals surface area contributed by atoms with Gasteiger partial charge in [-0.25, -0.2) is 0 Å². The molecule has 0 amide bonds. The van der Waals surface area contributed by atoms with Gasteiger partial charge in [0.15, 0.2) is 0 Å². The number of para-hydroxylation sites is 1. The van der Waals surface area contributed by atoms with Crippen LogP contribution in [0.1, 0.15) is 12.0 Å². The maximum atomic E-state index is 5.62. The van der Waals surface area contributed by atoms with Gasteiger partial charge >= 0.3 is 0 Å². The molecule has 0 saturated heterocycles. The number of pyridine rings is 1. The molecule has 0 unspecified atom stereocenters. The van der Waals surface area contributed by atoms with E-state index >= 15 is 0 Å². The van der Waals surface area contributed by atoms with E-state index in [0.29, 0.717) is 11.6 Å². The lowest BCUT2D eigenvalue weighted by molar-refractivity contribution is 0.146. The summed E-state index contributed by atoms with van der Waals surface area (Å²) >= 11 is 4.98. The second-order valence-electron chi connectivity index (χ2n) is 4.97. The van der Waals surface area contributed by atoms with Crippen LogP contribution in [0.15, 0.2) is 36.5 Å². The highest BCUT2D eigenvalue weighted by molar-refractivity contribution is 7.80. The summed E-state index contributed by atoms with van der Waals surface area (Å²) in [5.74, 6) is 0. The van der Waals surface area contributed by atoms with Crippen LogP contribution in [0.25, 0.3) is 10.9 Å². The molecule has 0 spiro atoms. The van der Waals surface area contributed by atoms with E-state index in [-0.39, 0.29) is 0 Å². The Morgan fingerprint density at radius 2 is 2.10 bits per heavy atom. The Labute approximate surface area is 130 Å². The van der Waals surface area contributed by atoms with Crippen molar-refractivity contribution in [3.63, 3.8) is 0 Å². The Morgan fingerprint density at radius 3 is 2.86 bits per heavy atom. The van der Waals surface area contributed by atoms with E-state index in [0.717, 1.165) is 31.6 Å². The van der Waals surface area contributed by atoms with Gasteiger partial charge < -0.3 is 10.5 Å². The number of thiocarbonyl (C=S) groups is 1. The first-order valence-electron chi connectivity index (χ1n) is 7.03. The van der Waals surface area contributed by atoms with Crippen LogP contribution in [0.4, 0.5) is 0 Å². The number of fused-ring (bicyclic) bond motifs is 1. The van der Waals surface area contributed by atoms with Crippen LogP contribution in [-0.2, 0) is 11.3 Å². The van der Waals surface area contributed by atoms with E-state index in [2.05, 4.69) is 22.0 Å². The van der Waals surface area contributed by atoms with Gasteiger partial charge in [-0.1, -0.05) is 30.4 Å². The Balaban J connectivity index is 2.15. The van der Waals surface area contributed by atoms with E-state index in [1.165, 1.54) is 10.9 Å². The van der Waals surface area contributed by atoms with E-state index < -0.39 is 0 Å². The first-order valence-corrected chi connectivity index (χ1v) is 7.43. The lowest BCUT2D eigenvalue weighted by atomic mass is 10.1. The summed E-state index contributed by atoms with van der Waals surface area (Å²) in [6.07, 6.45) is 2.59. The zero-order valence-electron chi connectivity index (χ0n) is 12.3. The molecule has 1 aromatic carbocycles. The Bertz CT molecular complexity index is 598. The van der Waals surface area contributed by atoms with Gasteiger partial charge in [0, 0.05) is 44.7 Å². The van der Waals surface area contributed by atoms with Crippen molar-refractivity contribution < 1.29 is 4.74 Å². The maximum absolute atomic E-state index is 5.62. The summed E-state index contributed by atoms with van der Waals surface area (Å²) in [7, 11) is 1.72. The van der Waals surface area contributed by atoms with Gasteiger partial charge in [-0.05, 0) is 17.7 Å². The smallest absolute Gasteiger partial charge is 0.0740 e. The molecule has 2 rings (SSSR count). The minimum atomic E-state index is 0.553. The van der Waals surface area contributed by atoms with E-state index in [1.807, 2.05) is 24.4 Å². The molecule has 1 aromatic heterocycles. The Hall–Kier alpha value is -1.56. The molecule has 0 aliphatic heterocycles. The van der Waals surface area contributed by atoms with Crippen LogP contribution >= 0.6 is 12.2 Å². The molecule has 21 heavy (non-hydrogen) atoms. The minimum Gasteiger partial charge on any atom is -0.393 e. The normalized spacial score (nSPS) is 11.1. The quantitative estimate of drug-likeness (QED) is 0.759. The number of rotatable bonds is 8. The minimum absolute atomic E-state index is 0.553. The third kappa shape index (κ3) is 4.74. The molecule has 4 nitrogen and oxygen atoms in total. The van der Waals surface area contributed by atoms with Crippen molar-refractivity contribution in [3.05, 3.63) is 42.1 Å². The fraction of sp³-hybridized carbons (Fsp3) is 0.375. The highest BCUT2D eigenvalue weighted by Gasteiger charge is 2.09. The predicted octanol–water partition coefficient (Wildman–Crippen LogP) is 2.36. The Morgan fingerprint density at radius 1 is 1.29 bits per heavy atom. The van der Waals surface area contributed by atoms with Crippen LogP contribution in [0.2, 0.25) is 0 Å². The zero-order chi connectivity index (χ0) is 15.1. The second kappa shape index (κ2) is 8.02. The van der Waals surface area contributed by atoms with Gasteiger partial charge in [-0.2, -0.15) is 0 Å². The molecule has 0 fully saturated rings. The van der Waals surface area contributed by atoms with Gasteiger partial charge in [0.1, 0.15) is 0 Å². The fourth-order valence-corrected chi connectivity index (χ4v) is 2.38. The molecule has 0 aliphatic rings. The molecule has 1 heterocycles. The zero-order valence-corrected chi connectivity index (χ0v) is 13.1. The first-order chi connectivity index (χ1) is 10.2. The monoisotopic (exact) mass is 303 g/mol. The second-order valence-corrected chi connectivity index (χ2v) is 5.50. The standard InChI is InChI=1S/C16H21N3OS/c1-20-11-10-19(9-7-16(17)21)12-13-6-8-18-15-5-3-2-4-14(13)15/h2-6,8H,7,9-12H2,1H3,(H2,17,21). The molecule has 2 N–H and O–H groups in total. The third-order valence-corrected chi connectivity index (χ3v) is 3.62. The number of ether oxygens (including phenoxy) is 1. The van der Waals surface area contributed by atoms with Gasteiger partial charge in [-0.15, -0.1) is 0 Å². The van der Waals surface area contributed by atoms with Gasteiger partial charge in [-0.3, -0.25) is 9.88 Å². The first kappa shape index (κ1) is 15.8. The largest absolute Gasteiger partial charge is 0.393 e. The number of hydrogen-bond donors (Lipinski definition) is 1. The average Bonchev–Trinajstić information content (AvgIpc) is 2.50. The highest BCUT2D eigenvalue weighted by atomic mass is 32.1. The molecule has 0 bridgehead atoms. The fourth-order valence-electron chi connectivity index (χ4n) is 2.29. The molecular formula is C16H21N3OS. The van der Waals surface area contributed by atoms with Crippen molar-refractivity contribution in [2.45, 2.75) is 13.0 Å². The van der Waals surface area contributed by atoms with Crippen molar-refractivity contribution in [2.24, 2.45) is 5.73 Å². The SMILES string of the molecule is COCCN(CCC(N)=S)Cc1ccnc2ccccc12. The lowest BCUT2D eigenvalue weighted by Crippen LogP contribution is -2.30.